The van der Waals surface area contributed by atoms with Crippen molar-refractivity contribution in [2.45, 2.75) is 24.5 Å². The van der Waals surface area contributed by atoms with Crippen LogP contribution in [0, 0.1) is 0 Å². The van der Waals surface area contributed by atoms with Gasteiger partial charge in [0.15, 0.2) is 6.23 Å². The van der Waals surface area contributed by atoms with Crippen molar-refractivity contribution in [3.05, 3.63) is 22.7 Å². The second kappa shape index (κ2) is 4.59. The maximum Gasteiger partial charge on any atom is 0.351 e. The zero-order valence-electron chi connectivity index (χ0n) is 9.78. The summed E-state index contributed by atoms with van der Waals surface area (Å²) in [5, 5.41) is 0. The molecule has 3 rings (SSSR count). The van der Waals surface area contributed by atoms with Gasteiger partial charge in [-0.25, -0.2) is 4.79 Å². The molecule has 18 heavy (non-hydrogen) atoms. The molecule has 2 N–H and O–H groups in total. The average molecular weight is 271 g/mol. The number of rotatable bonds is 4. The fourth-order valence-electron chi connectivity index (χ4n) is 2.14. The zero-order valence-corrected chi connectivity index (χ0v) is 10.8. The minimum Gasteiger partial charge on any atom is -0.383 e. The highest BCUT2D eigenvalue weighted by Crippen LogP contribution is 2.44. The van der Waals surface area contributed by atoms with E-state index in [1.54, 1.807) is 12.3 Å². The van der Waals surface area contributed by atoms with Crippen LogP contribution in [-0.2, 0) is 14.0 Å². The van der Waals surface area contributed by atoms with Gasteiger partial charge in [-0.3, -0.25) is 4.57 Å². The summed E-state index contributed by atoms with van der Waals surface area (Å²) in [4.78, 5) is 15.4. The first-order valence-electron chi connectivity index (χ1n) is 5.65. The highest BCUT2D eigenvalue weighted by atomic mass is 31.1. The van der Waals surface area contributed by atoms with Crippen molar-refractivity contribution in [2.24, 2.45) is 0 Å². The van der Waals surface area contributed by atoms with Crippen LogP contribution in [0.15, 0.2) is 17.1 Å². The summed E-state index contributed by atoms with van der Waals surface area (Å²) in [6.07, 6.45) is 0.984. The fraction of sp³-hybridized carbons (Fsp3) is 0.600. The maximum atomic E-state index is 11.7. The molecule has 5 atom stereocenters. The van der Waals surface area contributed by atoms with Crippen molar-refractivity contribution < 1.29 is 14.0 Å². The van der Waals surface area contributed by atoms with Gasteiger partial charge in [0.1, 0.15) is 24.1 Å². The Labute approximate surface area is 105 Å². The van der Waals surface area contributed by atoms with Crippen LogP contribution in [0.4, 0.5) is 5.82 Å². The van der Waals surface area contributed by atoms with E-state index in [1.807, 2.05) is 6.66 Å². The van der Waals surface area contributed by atoms with Crippen molar-refractivity contribution in [2.75, 3.05) is 19.0 Å². The molecule has 1 aromatic rings. The first-order valence-corrected chi connectivity index (χ1v) is 7.05. The van der Waals surface area contributed by atoms with Gasteiger partial charge in [-0.15, -0.1) is 0 Å². The van der Waals surface area contributed by atoms with Crippen LogP contribution in [0.5, 0.6) is 0 Å². The molecule has 3 heterocycles. The topological polar surface area (TPSA) is 91.9 Å². The van der Waals surface area contributed by atoms with E-state index in [0.29, 0.717) is 15.4 Å². The molecule has 0 amide bonds. The summed E-state index contributed by atoms with van der Waals surface area (Å²) in [5.74, 6) is 0.203. The van der Waals surface area contributed by atoms with Crippen LogP contribution in [0.2, 0.25) is 0 Å². The number of hydrogen-bond acceptors (Lipinski definition) is 6. The fourth-order valence-corrected chi connectivity index (χ4v) is 2.47. The molecule has 1 aromatic heterocycles. The normalized spacial score (nSPS) is 34.1. The lowest BCUT2D eigenvalue weighted by atomic mass is 10.2. The molecule has 0 saturated carbocycles. The van der Waals surface area contributed by atoms with Gasteiger partial charge in [0.2, 0.25) is 0 Å². The van der Waals surface area contributed by atoms with E-state index in [2.05, 4.69) is 4.98 Å². The van der Waals surface area contributed by atoms with Crippen molar-refractivity contribution in [1.82, 2.24) is 9.55 Å². The van der Waals surface area contributed by atoms with Gasteiger partial charge in [-0.1, -0.05) is 0 Å². The molecule has 2 aliphatic heterocycles. The summed E-state index contributed by atoms with van der Waals surface area (Å²) in [6.45, 7) is 2.44. The molecular formula is C10H14N3O4P. The lowest BCUT2D eigenvalue weighted by molar-refractivity contribution is -0.0806. The minimum absolute atomic E-state index is 0.0239. The smallest absolute Gasteiger partial charge is 0.351 e. The molecule has 1 unspecified atom stereocenters. The number of hydrogen-bond donors (Lipinski definition) is 1. The predicted octanol–water partition coefficient (Wildman–Crippen LogP) is -0.270. The molecule has 2 fully saturated rings. The number of fused-ring (bicyclic) bond motifs is 1. The first kappa shape index (κ1) is 12.0. The average Bonchev–Trinajstić information content (AvgIpc) is 3.05. The van der Waals surface area contributed by atoms with E-state index in [-0.39, 0.29) is 24.1 Å². The molecule has 0 aliphatic carbocycles. The van der Waals surface area contributed by atoms with Crippen LogP contribution < -0.4 is 11.4 Å². The van der Waals surface area contributed by atoms with Crippen molar-refractivity contribution in [3.63, 3.8) is 0 Å². The van der Waals surface area contributed by atoms with Crippen LogP contribution in [0.3, 0.4) is 0 Å². The Morgan fingerprint density at radius 1 is 1.56 bits per heavy atom. The largest absolute Gasteiger partial charge is 0.383 e. The Kier molecular flexibility index (Phi) is 3.07. The number of aromatic nitrogens is 2. The molecule has 0 spiro atoms. The molecule has 98 valence electrons. The maximum absolute atomic E-state index is 11.7. The molecule has 0 aromatic carbocycles. The molecule has 0 bridgehead atoms. The van der Waals surface area contributed by atoms with Crippen LogP contribution in [-0.4, -0.2) is 41.1 Å². The highest BCUT2D eigenvalue weighted by molar-refractivity contribution is 7.31. The quantitative estimate of drug-likeness (QED) is 0.598. The van der Waals surface area contributed by atoms with E-state index in [4.69, 9.17) is 19.7 Å². The molecule has 8 heteroatoms. The van der Waals surface area contributed by atoms with E-state index in [1.165, 1.54) is 4.57 Å². The Bertz CT molecular complexity index is 508. The van der Waals surface area contributed by atoms with Gasteiger partial charge in [-0.05, 0) is 12.7 Å². The molecule has 7 nitrogen and oxygen atoms in total. The van der Waals surface area contributed by atoms with E-state index >= 15 is 0 Å². The molecule has 2 aliphatic rings. The first-order chi connectivity index (χ1) is 8.70. The van der Waals surface area contributed by atoms with Crippen LogP contribution in [0.1, 0.15) is 6.23 Å². The third kappa shape index (κ3) is 2.03. The van der Waals surface area contributed by atoms with E-state index < -0.39 is 11.9 Å². The summed E-state index contributed by atoms with van der Waals surface area (Å²) in [7, 11) is 0.414. The summed E-state index contributed by atoms with van der Waals surface area (Å²) >= 11 is 0. The monoisotopic (exact) mass is 271 g/mol. The lowest BCUT2D eigenvalue weighted by Gasteiger charge is -2.18. The van der Waals surface area contributed by atoms with Gasteiger partial charge >= 0.3 is 5.69 Å². The summed E-state index contributed by atoms with van der Waals surface area (Å²) in [6, 6.07) is 1.57. The molecular weight excluding hydrogens is 257 g/mol. The third-order valence-corrected chi connectivity index (χ3v) is 3.50. The molecule has 2 saturated heterocycles. The minimum atomic E-state index is -0.426. The van der Waals surface area contributed by atoms with Gasteiger partial charge in [0.25, 0.3) is 0 Å². The van der Waals surface area contributed by atoms with E-state index in [0.717, 1.165) is 0 Å². The van der Waals surface area contributed by atoms with E-state index in [9.17, 15) is 4.79 Å². The van der Waals surface area contributed by atoms with Crippen LogP contribution >= 0.6 is 8.81 Å². The molecule has 0 radical (unpaired) electrons. The Morgan fingerprint density at radius 2 is 2.39 bits per heavy atom. The van der Waals surface area contributed by atoms with Gasteiger partial charge < -0.3 is 19.7 Å². The number of nitrogen functional groups attached to an aromatic ring is 1. The Hall–Kier alpha value is -1.01. The number of ether oxygens (including phenoxy) is 2. The number of anilines is 1. The van der Waals surface area contributed by atoms with Gasteiger partial charge in [0.05, 0.1) is 6.61 Å². The number of nitrogens with two attached hydrogens (primary N) is 1. The Morgan fingerprint density at radius 3 is 3.11 bits per heavy atom. The lowest BCUT2D eigenvalue weighted by Crippen LogP contribution is -2.31. The van der Waals surface area contributed by atoms with Crippen molar-refractivity contribution in [3.8, 4) is 0 Å². The summed E-state index contributed by atoms with van der Waals surface area (Å²) < 4.78 is 18.0. The van der Waals surface area contributed by atoms with Crippen LogP contribution in [0.25, 0.3) is 0 Å². The number of epoxide rings is 1. The standard InChI is InChI=1S/C10H14N3O4P/c1-18-15-4-5-7-8(17-7)9(16-5)13-3-2-6(11)12-10(13)14/h2-3,5,7-9,18H,4H2,1H3,(H2,11,12,14)/t5-,7+,8-,9-/m1/s1. The van der Waals surface area contributed by atoms with Crippen molar-refractivity contribution >= 4 is 14.6 Å². The van der Waals surface area contributed by atoms with Crippen molar-refractivity contribution in [1.29, 1.82) is 0 Å². The summed E-state index contributed by atoms with van der Waals surface area (Å²) in [5.41, 5.74) is 5.03. The van der Waals surface area contributed by atoms with Gasteiger partial charge in [0, 0.05) is 15.0 Å². The predicted molar refractivity (Wildman–Crippen MR) is 65.7 cm³/mol. The second-order valence-corrected chi connectivity index (χ2v) is 4.88. The van der Waals surface area contributed by atoms with Gasteiger partial charge in [-0.2, -0.15) is 4.98 Å². The zero-order chi connectivity index (χ0) is 12.7. The Balaban J connectivity index is 1.77. The highest BCUT2D eigenvalue weighted by Gasteiger charge is 2.59. The third-order valence-electron chi connectivity index (χ3n) is 3.04. The number of nitrogens with zero attached hydrogens (tertiary/aromatic N) is 2. The SMILES string of the molecule is CPOC[C@H]1O[C@@H](n2ccc(N)nc2=O)[C@@H]2O[C@H]21. The second-order valence-electron chi connectivity index (χ2n) is 4.19.